The zero-order chi connectivity index (χ0) is 28.4. The van der Waals surface area contributed by atoms with Gasteiger partial charge in [-0.15, -0.1) is 0 Å². The molecule has 3 aliphatic rings. The Labute approximate surface area is 240 Å². The van der Waals surface area contributed by atoms with Gasteiger partial charge in [0.2, 0.25) is 5.88 Å². The van der Waals surface area contributed by atoms with E-state index in [0.29, 0.717) is 47.2 Å². The van der Waals surface area contributed by atoms with Crippen LogP contribution in [0.3, 0.4) is 0 Å². The standard InChI is InChI=1S/C31H37N7O3/c1-20(24-8-6-18-38(24)2)40-27-19-26(34-23(10-15-32)21-11-16-33-17-12-21)35-30(36-27)28-22-7-5-14-31(29(22)41-37-28)13-4-3-9-25(31)39/h10-12,15-17,19-20,24H,3-9,13-14,18,32H2,1-2H3/t20-,24-,31+/m0/s1. The van der Waals surface area contributed by atoms with Gasteiger partial charge in [0.25, 0.3) is 0 Å². The maximum absolute atomic E-state index is 13.2. The minimum atomic E-state index is -0.575. The van der Waals surface area contributed by atoms with Crippen molar-refractivity contribution in [3.05, 3.63) is 59.8 Å². The number of ether oxygens (including phenoxy) is 1. The number of carbonyl (C=O) groups is 1. The van der Waals surface area contributed by atoms with E-state index in [1.54, 1.807) is 24.5 Å². The third-order valence-electron chi connectivity index (χ3n) is 8.84. The number of likely N-dealkylation sites (tertiary alicyclic amines) is 1. The molecular weight excluding hydrogens is 518 g/mol. The second kappa shape index (κ2) is 11.5. The highest BCUT2D eigenvalue weighted by Crippen LogP contribution is 2.47. The number of allylic oxidation sites excluding steroid dienone is 1. The first kappa shape index (κ1) is 27.3. The van der Waals surface area contributed by atoms with Crippen molar-refractivity contribution in [3.8, 4) is 17.4 Å². The SMILES string of the molecule is C[C@H](Oc1cc(N=C(C=CN)c2ccncc2)nc(-c2noc3c2CCC[C@@]32CCCCC2=O)n1)[C@@H]1CCCN1C. The number of pyridine rings is 1. The summed E-state index contributed by atoms with van der Waals surface area (Å²) in [5.41, 5.74) is 8.16. The average molecular weight is 556 g/mol. The Hall–Kier alpha value is -3.92. The van der Waals surface area contributed by atoms with Crippen LogP contribution in [0.25, 0.3) is 11.5 Å². The highest BCUT2D eigenvalue weighted by atomic mass is 16.5. The summed E-state index contributed by atoms with van der Waals surface area (Å²) < 4.78 is 12.4. The zero-order valence-corrected chi connectivity index (χ0v) is 23.8. The Balaban J connectivity index is 1.43. The molecule has 1 spiro atoms. The van der Waals surface area contributed by atoms with E-state index in [4.69, 9.17) is 30.0 Å². The Morgan fingerprint density at radius 3 is 2.78 bits per heavy atom. The highest BCUT2D eigenvalue weighted by Gasteiger charge is 2.48. The fourth-order valence-electron chi connectivity index (χ4n) is 6.74. The van der Waals surface area contributed by atoms with Gasteiger partial charge in [-0.25, -0.2) is 9.98 Å². The van der Waals surface area contributed by atoms with Gasteiger partial charge in [-0.05, 0) is 89.9 Å². The summed E-state index contributed by atoms with van der Waals surface area (Å²) in [5.74, 6) is 2.18. The molecule has 2 N–H and O–H groups in total. The number of carbonyl (C=O) groups excluding carboxylic acids is 1. The Bertz CT molecular complexity index is 1470. The fourth-order valence-corrected chi connectivity index (χ4v) is 6.74. The molecule has 2 fully saturated rings. The van der Waals surface area contributed by atoms with E-state index in [1.165, 1.54) is 6.20 Å². The molecule has 2 aliphatic carbocycles. The normalized spacial score (nSPS) is 24.2. The number of Topliss-reactive ketones (excluding diaryl/α,β-unsaturated/α-hetero) is 1. The third kappa shape index (κ3) is 5.28. The van der Waals surface area contributed by atoms with Crippen molar-refractivity contribution in [2.45, 2.75) is 82.3 Å². The van der Waals surface area contributed by atoms with Crippen LogP contribution < -0.4 is 10.5 Å². The van der Waals surface area contributed by atoms with Gasteiger partial charge in [0.05, 0.1) is 11.1 Å². The van der Waals surface area contributed by atoms with Crippen LogP contribution in [0.2, 0.25) is 0 Å². The molecule has 0 amide bonds. The van der Waals surface area contributed by atoms with E-state index >= 15 is 0 Å². The van der Waals surface area contributed by atoms with Crippen molar-refractivity contribution < 1.29 is 14.1 Å². The molecule has 0 radical (unpaired) electrons. The van der Waals surface area contributed by atoms with Gasteiger partial charge >= 0.3 is 0 Å². The summed E-state index contributed by atoms with van der Waals surface area (Å²) in [6.45, 7) is 3.13. The van der Waals surface area contributed by atoms with Crippen molar-refractivity contribution in [2.75, 3.05) is 13.6 Å². The van der Waals surface area contributed by atoms with E-state index in [-0.39, 0.29) is 11.9 Å². The minimum absolute atomic E-state index is 0.0833. The van der Waals surface area contributed by atoms with Crippen molar-refractivity contribution in [3.63, 3.8) is 0 Å². The minimum Gasteiger partial charge on any atom is -0.473 e. The summed E-state index contributed by atoms with van der Waals surface area (Å²) in [5, 5.41) is 4.47. The van der Waals surface area contributed by atoms with Gasteiger partial charge in [-0.3, -0.25) is 14.7 Å². The van der Waals surface area contributed by atoms with Crippen LogP contribution in [0.5, 0.6) is 5.88 Å². The molecule has 4 heterocycles. The number of aromatic nitrogens is 4. The summed E-state index contributed by atoms with van der Waals surface area (Å²) in [6.07, 6.45) is 14.5. The quantitative estimate of drug-likeness (QED) is 0.412. The molecule has 3 aromatic heterocycles. The first-order valence-electron chi connectivity index (χ1n) is 14.6. The molecule has 3 atom stereocenters. The van der Waals surface area contributed by atoms with Crippen LogP contribution >= 0.6 is 0 Å². The lowest BCUT2D eigenvalue weighted by Gasteiger charge is -2.36. The van der Waals surface area contributed by atoms with Gasteiger partial charge < -0.3 is 15.0 Å². The van der Waals surface area contributed by atoms with Crippen molar-refractivity contribution in [1.82, 2.24) is 25.0 Å². The number of rotatable bonds is 7. The zero-order valence-electron chi connectivity index (χ0n) is 23.8. The lowest BCUT2D eigenvalue weighted by molar-refractivity contribution is -0.128. The molecule has 214 valence electrons. The lowest BCUT2D eigenvalue weighted by atomic mass is 9.64. The van der Waals surface area contributed by atoms with Crippen LogP contribution in [0.15, 0.2) is 52.4 Å². The molecule has 1 aliphatic heterocycles. The Kier molecular flexibility index (Phi) is 7.66. The first-order valence-corrected chi connectivity index (χ1v) is 14.6. The van der Waals surface area contributed by atoms with Crippen LogP contribution in [0.1, 0.15) is 75.2 Å². The molecule has 0 aromatic carbocycles. The van der Waals surface area contributed by atoms with E-state index < -0.39 is 5.41 Å². The number of aliphatic imine (C=N–C) groups is 1. The predicted octanol–water partition coefficient (Wildman–Crippen LogP) is 4.70. The van der Waals surface area contributed by atoms with Gasteiger partial charge in [-0.1, -0.05) is 11.6 Å². The molecule has 10 heteroatoms. The Morgan fingerprint density at radius 1 is 1.20 bits per heavy atom. The van der Waals surface area contributed by atoms with Crippen LogP contribution in [0.4, 0.5) is 5.82 Å². The largest absolute Gasteiger partial charge is 0.473 e. The summed E-state index contributed by atoms with van der Waals surface area (Å²) >= 11 is 0. The molecule has 10 nitrogen and oxygen atoms in total. The number of likely N-dealkylation sites (N-methyl/N-ethyl adjacent to an activating group) is 1. The average Bonchev–Trinajstić information content (AvgIpc) is 3.62. The third-order valence-corrected chi connectivity index (χ3v) is 8.84. The number of hydrogen-bond acceptors (Lipinski definition) is 10. The molecular formula is C31H37N7O3. The van der Waals surface area contributed by atoms with Crippen LogP contribution in [-0.2, 0) is 16.6 Å². The molecule has 1 saturated heterocycles. The first-order chi connectivity index (χ1) is 20.0. The number of ketones is 1. The summed E-state index contributed by atoms with van der Waals surface area (Å²) in [4.78, 5) is 34.1. The van der Waals surface area contributed by atoms with E-state index in [2.05, 4.69) is 29.0 Å². The molecule has 41 heavy (non-hydrogen) atoms. The van der Waals surface area contributed by atoms with Crippen molar-refractivity contribution >= 4 is 17.3 Å². The Morgan fingerprint density at radius 2 is 2.02 bits per heavy atom. The molecule has 1 saturated carbocycles. The number of hydrogen-bond donors (Lipinski definition) is 1. The van der Waals surface area contributed by atoms with Crippen molar-refractivity contribution in [1.29, 1.82) is 0 Å². The number of nitrogens with two attached hydrogens (primary N) is 1. The molecule has 3 aromatic rings. The van der Waals surface area contributed by atoms with Gasteiger partial charge in [0, 0.05) is 42.0 Å². The van der Waals surface area contributed by atoms with Gasteiger partial charge in [0.1, 0.15) is 11.9 Å². The maximum atomic E-state index is 13.2. The van der Waals surface area contributed by atoms with Crippen molar-refractivity contribution in [2.24, 2.45) is 10.7 Å². The summed E-state index contributed by atoms with van der Waals surface area (Å²) in [7, 11) is 2.13. The summed E-state index contributed by atoms with van der Waals surface area (Å²) in [6, 6.07) is 5.78. The van der Waals surface area contributed by atoms with Gasteiger partial charge in [-0.2, -0.15) is 4.98 Å². The van der Waals surface area contributed by atoms with Crippen LogP contribution in [-0.4, -0.2) is 62.2 Å². The predicted molar refractivity (Wildman–Crippen MR) is 155 cm³/mol. The molecule has 6 rings (SSSR count). The smallest absolute Gasteiger partial charge is 0.219 e. The van der Waals surface area contributed by atoms with Gasteiger partial charge in [0.15, 0.2) is 23.1 Å². The number of nitrogens with zero attached hydrogens (tertiary/aromatic N) is 6. The second-order valence-electron chi connectivity index (χ2n) is 11.4. The fraction of sp³-hybridized carbons (Fsp3) is 0.484. The lowest BCUT2D eigenvalue weighted by Crippen LogP contribution is -2.41. The second-order valence-corrected chi connectivity index (χ2v) is 11.4. The molecule has 0 bridgehead atoms. The van der Waals surface area contributed by atoms with E-state index in [0.717, 1.165) is 69.0 Å². The monoisotopic (exact) mass is 555 g/mol. The number of fused-ring (bicyclic) bond motifs is 2. The van der Waals surface area contributed by atoms with E-state index in [9.17, 15) is 4.79 Å². The maximum Gasteiger partial charge on any atom is 0.219 e. The topological polar surface area (TPSA) is 133 Å². The molecule has 0 unspecified atom stereocenters. The van der Waals surface area contributed by atoms with Crippen LogP contribution in [0, 0.1) is 0 Å². The van der Waals surface area contributed by atoms with E-state index in [1.807, 2.05) is 12.1 Å². The highest BCUT2D eigenvalue weighted by molar-refractivity contribution is 6.09.